The fourth-order valence-electron chi connectivity index (χ4n) is 1.16. The van der Waals surface area contributed by atoms with Crippen molar-refractivity contribution in [1.29, 1.82) is 5.26 Å². The van der Waals surface area contributed by atoms with Crippen LogP contribution in [-0.4, -0.2) is 6.04 Å². The average molecular weight is 237 g/mol. The molecule has 0 bridgehead atoms. The van der Waals surface area contributed by atoms with Gasteiger partial charge in [0.1, 0.15) is 6.07 Å². The number of anilines is 1. The lowest BCUT2D eigenvalue weighted by molar-refractivity contribution is 1.15. The summed E-state index contributed by atoms with van der Waals surface area (Å²) in [7, 11) is 0. The minimum absolute atomic E-state index is 0.653. The first-order chi connectivity index (χ1) is 6.29. The van der Waals surface area contributed by atoms with E-state index in [1.165, 1.54) is 12.8 Å². The zero-order valence-electron chi connectivity index (χ0n) is 7.05. The summed E-state index contributed by atoms with van der Waals surface area (Å²) in [4.78, 5) is 0. The van der Waals surface area contributed by atoms with Crippen molar-refractivity contribution in [2.45, 2.75) is 18.9 Å². The maximum absolute atomic E-state index is 8.70. The molecule has 0 aliphatic heterocycles. The summed E-state index contributed by atoms with van der Waals surface area (Å²) in [5.41, 5.74) is 1.77. The minimum atomic E-state index is 0.653. The standard InChI is InChI=1S/C10H9BrN2/c11-10-5-9(13-8-3-4-8)2-1-7(10)6-12/h1-2,5,8,13H,3-4H2. The lowest BCUT2D eigenvalue weighted by atomic mass is 10.2. The van der Waals surface area contributed by atoms with Crippen molar-refractivity contribution < 1.29 is 0 Å². The Morgan fingerprint density at radius 1 is 1.46 bits per heavy atom. The van der Waals surface area contributed by atoms with E-state index in [1.54, 1.807) is 0 Å². The molecule has 66 valence electrons. The van der Waals surface area contributed by atoms with Crippen LogP contribution in [0.2, 0.25) is 0 Å². The van der Waals surface area contributed by atoms with Crippen molar-refractivity contribution in [1.82, 2.24) is 0 Å². The topological polar surface area (TPSA) is 35.8 Å². The molecule has 0 unspecified atom stereocenters. The van der Waals surface area contributed by atoms with Gasteiger partial charge in [0, 0.05) is 16.2 Å². The highest BCUT2D eigenvalue weighted by atomic mass is 79.9. The van der Waals surface area contributed by atoms with E-state index in [2.05, 4.69) is 27.3 Å². The Hall–Kier alpha value is -1.01. The smallest absolute Gasteiger partial charge is 0.100 e. The van der Waals surface area contributed by atoms with E-state index in [1.807, 2.05) is 18.2 Å². The molecule has 1 N–H and O–H groups in total. The van der Waals surface area contributed by atoms with Crippen LogP contribution in [-0.2, 0) is 0 Å². The minimum Gasteiger partial charge on any atom is -0.382 e. The van der Waals surface area contributed by atoms with Crippen LogP contribution in [0.1, 0.15) is 18.4 Å². The van der Waals surface area contributed by atoms with E-state index in [-0.39, 0.29) is 0 Å². The summed E-state index contributed by atoms with van der Waals surface area (Å²) in [6, 6.07) is 8.50. The Bertz CT molecular complexity index is 364. The van der Waals surface area contributed by atoms with Crippen LogP contribution in [0.3, 0.4) is 0 Å². The number of hydrogen-bond acceptors (Lipinski definition) is 2. The first-order valence-corrected chi connectivity index (χ1v) is 5.05. The summed E-state index contributed by atoms with van der Waals surface area (Å²) in [6.45, 7) is 0. The molecule has 0 heterocycles. The van der Waals surface area contributed by atoms with E-state index in [4.69, 9.17) is 5.26 Å². The van der Waals surface area contributed by atoms with E-state index in [0.717, 1.165) is 10.2 Å². The molecular weight excluding hydrogens is 228 g/mol. The zero-order valence-corrected chi connectivity index (χ0v) is 8.63. The van der Waals surface area contributed by atoms with Crippen LogP contribution in [0.15, 0.2) is 22.7 Å². The van der Waals surface area contributed by atoms with Gasteiger partial charge < -0.3 is 5.32 Å². The molecule has 3 heteroatoms. The van der Waals surface area contributed by atoms with Gasteiger partial charge in [-0.2, -0.15) is 5.26 Å². The Balaban J connectivity index is 2.19. The zero-order chi connectivity index (χ0) is 9.26. The van der Waals surface area contributed by atoms with Gasteiger partial charge in [0.25, 0.3) is 0 Å². The van der Waals surface area contributed by atoms with Gasteiger partial charge in [-0.25, -0.2) is 0 Å². The molecule has 1 saturated carbocycles. The Morgan fingerprint density at radius 2 is 2.23 bits per heavy atom. The molecule has 0 atom stereocenters. The predicted molar refractivity (Wildman–Crippen MR) is 55.5 cm³/mol. The molecule has 0 amide bonds. The predicted octanol–water partition coefficient (Wildman–Crippen LogP) is 2.90. The highest BCUT2D eigenvalue weighted by Gasteiger charge is 2.20. The molecule has 2 nitrogen and oxygen atoms in total. The number of rotatable bonds is 2. The first-order valence-electron chi connectivity index (χ1n) is 4.26. The van der Waals surface area contributed by atoms with E-state index >= 15 is 0 Å². The monoisotopic (exact) mass is 236 g/mol. The van der Waals surface area contributed by atoms with Crippen LogP contribution in [0.5, 0.6) is 0 Å². The van der Waals surface area contributed by atoms with Gasteiger partial charge in [0.2, 0.25) is 0 Å². The fraction of sp³-hybridized carbons (Fsp3) is 0.300. The molecule has 1 fully saturated rings. The first kappa shape index (κ1) is 8.58. The number of nitrogens with zero attached hydrogens (tertiary/aromatic N) is 1. The summed E-state index contributed by atoms with van der Waals surface area (Å²) < 4.78 is 0.862. The number of nitrogens with one attached hydrogen (secondary N) is 1. The molecular formula is C10H9BrN2. The molecule has 0 radical (unpaired) electrons. The van der Waals surface area contributed by atoms with Crippen LogP contribution in [0, 0.1) is 11.3 Å². The van der Waals surface area contributed by atoms with Crippen molar-refractivity contribution in [2.75, 3.05) is 5.32 Å². The Morgan fingerprint density at radius 3 is 2.77 bits per heavy atom. The summed E-state index contributed by atoms with van der Waals surface area (Å²) >= 11 is 3.36. The third-order valence-electron chi connectivity index (χ3n) is 2.04. The quantitative estimate of drug-likeness (QED) is 0.858. The largest absolute Gasteiger partial charge is 0.382 e. The molecule has 13 heavy (non-hydrogen) atoms. The normalized spacial score (nSPS) is 15.1. The van der Waals surface area contributed by atoms with Crippen molar-refractivity contribution in [2.24, 2.45) is 0 Å². The molecule has 1 aromatic carbocycles. The fourth-order valence-corrected chi connectivity index (χ4v) is 1.63. The van der Waals surface area contributed by atoms with Gasteiger partial charge in [0.15, 0.2) is 0 Å². The maximum Gasteiger partial charge on any atom is 0.100 e. The van der Waals surface area contributed by atoms with Gasteiger partial charge in [-0.1, -0.05) is 0 Å². The van der Waals surface area contributed by atoms with Gasteiger partial charge in [-0.05, 0) is 47.0 Å². The second-order valence-corrected chi connectivity index (χ2v) is 4.08. The van der Waals surface area contributed by atoms with Crippen molar-refractivity contribution in [3.63, 3.8) is 0 Å². The number of halogens is 1. The number of hydrogen-bond donors (Lipinski definition) is 1. The SMILES string of the molecule is N#Cc1ccc(NC2CC2)cc1Br. The van der Waals surface area contributed by atoms with E-state index in [9.17, 15) is 0 Å². The molecule has 0 aromatic heterocycles. The van der Waals surface area contributed by atoms with Gasteiger partial charge >= 0.3 is 0 Å². The van der Waals surface area contributed by atoms with Crippen molar-refractivity contribution in [3.8, 4) is 6.07 Å². The van der Waals surface area contributed by atoms with Crippen molar-refractivity contribution in [3.05, 3.63) is 28.2 Å². The second kappa shape index (κ2) is 3.39. The van der Waals surface area contributed by atoms with Crippen LogP contribution in [0.25, 0.3) is 0 Å². The van der Waals surface area contributed by atoms with Crippen molar-refractivity contribution >= 4 is 21.6 Å². The summed E-state index contributed by atoms with van der Waals surface area (Å²) in [6.07, 6.45) is 2.52. The average Bonchev–Trinajstić information content (AvgIpc) is 2.89. The van der Waals surface area contributed by atoms with E-state index in [0.29, 0.717) is 11.6 Å². The Labute approximate surface area is 85.7 Å². The number of benzene rings is 1. The lowest BCUT2D eigenvalue weighted by Gasteiger charge is -2.04. The molecule has 0 saturated heterocycles. The highest BCUT2D eigenvalue weighted by Crippen LogP contribution is 2.27. The van der Waals surface area contributed by atoms with Crippen LogP contribution in [0.4, 0.5) is 5.69 Å². The van der Waals surface area contributed by atoms with Gasteiger partial charge in [-0.3, -0.25) is 0 Å². The second-order valence-electron chi connectivity index (χ2n) is 3.23. The molecule has 0 spiro atoms. The van der Waals surface area contributed by atoms with Crippen LogP contribution >= 0.6 is 15.9 Å². The summed E-state index contributed by atoms with van der Waals surface area (Å²) in [5, 5.41) is 12.1. The number of nitriles is 1. The van der Waals surface area contributed by atoms with Gasteiger partial charge in [0.05, 0.1) is 5.56 Å². The van der Waals surface area contributed by atoms with Crippen LogP contribution < -0.4 is 5.32 Å². The third kappa shape index (κ3) is 2.02. The Kier molecular flexibility index (Phi) is 2.24. The summed E-state index contributed by atoms with van der Waals surface area (Å²) in [5.74, 6) is 0. The van der Waals surface area contributed by atoms with E-state index < -0.39 is 0 Å². The lowest BCUT2D eigenvalue weighted by Crippen LogP contribution is -2.00. The molecule has 2 rings (SSSR count). The maximum atomic E-state index is 8.70. The highest BCUT2D eigenvalue weighted by molar-refractivity contribution is 9.10. The molecule has 1 aliphatic carbocycles. The third-order valence-corrected chi connectivity index (χ3v) is 2.69. The molecule has 1 aromatic rings. The molecule has 1 aliphatic rings. The van der Waals surface area contributed by atoms with Gasteiger partial charge in [-0.15, -0.1) is 0 Å².